The number of likely N-dealkylation sites (tertiary alicyclic amines) is 1. The standard InChI is InChI=1S/C19H29N5O3/c1-12-15(16(26)22-18(21-12)19(2,3)4)17(27)23-8-5-6-13(11-23)24-9-7-20-10-14(24)25/h13,20H,5-11H2,1-4H3,(H,21,22,26). The number of piperidine rings is 1. The minimum atomic E-state index is -0.391. The number of hydrogen-bond donors (Lipinski definition) is 2. The molecule has 2 aliphatic rings. The molecule has 2 N–H and O–H groups in total. The van der Waals surface area contributed by atoms with E-state index in [4.69, 9.17) is 0 Å². The number of carbonyl (C=O) groups excluding carboxylic acids is 2. The molecule has 0 aliphatic carbocycles. The quantitative estimate of drug-likeness (QED) is 0.780. The molecule has 3 rings (SSSR count). The molecule has 2 amide bonds. The number of nitrogens with one attached hydrogen (secondary N) is 2. The van der Waals surface area contributed by atoms with Gasteiger partial charge in [-0.25, -0.2) is 4.98 Å². The molecule has 27 heavy (non-hydrogen) atoms. The molecule has 1 atom stereocenters. The van der Waals surface area contributed by atoms with Crippen molar-refractivity contribution in [3.63, 3.8) is 0 Å². The van der Waals surface area contributed by atoms with Gasteiger partial charge in [0.1, 0.15) is 11.4 Å². The third-order valence-electron chi connectivity index (χ3n) is 5.28. The molecular formula is C19H29N5O3. The number of aromatic nitrogens is 2. The average Bonchev–Trinajstić information content (AvgIpc) is 2.60. The fraction of sp³-hybridized carbons (Fsp3) is 0.684. The van der Waals surface area contributed by atoms with E-state index in [0.29, 0.717) is 37.7 Å². The predicted octanol–water partition coefficient (Wildman–Crippen LogP) is 0.412. The van der Waals surface area contributed by atoms with Crippen LogP contribution in [0.25, 0.3) is 0 Å². The Bertz CT molecular complexity index is 796. The van der Waals surface area contributed by atoms with Crippen molar-refractivity contribution in [2.45, 2.75) is 52.0 Å². The third kappa shape index (κ3) is 4.05. The maximum atomic E-state index is 13.1. The summed E-state index contributed by atoms with van der Waals surface area (Å²) in [4.78, 5) is 48.6. The number of aromatic amines is 1. The molecule has 0 spiro atoms. The van der Waals surface area contributed by atoms with Crippen molar-refractivity contribution in [2.24, 2.45) is 0 Å². The zero-order valence-corrected chi connectivity index (χ0v) is 16.6. The molecule has 1 aromatic heterocycles. The van der Waals surface area contributed by atoms with Crippen LogP contribution >= 0.6 is 0 Å². The number of amides is 2. The van der Waals surface area contributed by atoms with E-state index in [2.05, 4.69) is 15.3 Å². The maximum Gasteiger partial charge on any atom is 0.264 e. The van der Waals surface area contributed by atoms with Crippen molar-refractivity contribution in [1.82, 2.24) is 25.1 Å². The normalized spacial score (nSPS) is 21.5. The molecule has 0 saturated carbocycles. The first-order valence-electron chi connectivity index (χ1n) is 9.59. The number of H-pyrrole nitrogens is 1. The van der Waals surface area contributed by atoms with Crippen LogP contribution in [-0.2, 0) is 10.2 Å². The summed E-state index contributed by atoms with van der Waals surface area (Å²) < 4.78 is 0. The third-order valence-corrected chi connectivity index (χ3v) is 5.28. The molecule has 2 fully saturated rings. The summed E-state index contributed by atoms with van der Waals surface area (Å²) in [6.07, 6.45) is 1.70. The van der Waals surface area contributed by atoms with Crippen molar-refractivity contribution < 1.29 is 9.59 Å². The fourth-order valence-electron chi connectivity index (χ4n) is 3.75. The van der Waals surface area contributed by atoms with Crippen molar-refractivity contribution in [1.29, 1.82) is 0 Å². The molecule has 0 aromatic carbocycles. The Morgan fingerprint density at radius 3 is 2.59 bits per heavy atom. The van der Waals surface area contributed by atoms with Gasteiger partial charge in [0, 0.05) is 37.6 Å². The zero-order valence-electron chi connectivity index (χ0n) is 16.6. The summed E-state index contributed by atoms with van der Waals surface area (Å²) >= 11 is 0. The minimum absolute atomic E-state index is 0.0125. The lowest BCUT2D eigenvalue weighted by molar-refractivity contribution is -0.135. The molecule has 3 heterocycles. The van der Waals surface area contributed by atoms with Crippen molar-refractivity contribution >= 4 is 11.8 Å². The van der Waals surface area contributed by atoms with E-state index in [9.17, 15) is 14.4 Å². The lowest BCUT2D eigenvalue weighted by Crippen LogP contribution is -2.57. The van der Waals surface area contributed by atoms with Gasteiger partial charge in [0.15, 0.2) is 0 Å². The highest BCUT2D eigenvalue weighted by Crippen LogP contribution is 2.21. The minimum Gasteiger partial charge on any atom is -0.336 e. The number of rotatable bonds is 2. The number of carbonyl (C=O) groups is 2. The molecule has 1 aromatic rings. The molecule has 1 unspecified atom stereocenters. The summed E-state index contributed by atoms with van der Waals surface area (Å²) in [5.74, 6) is 0.351. The Hall–Kier alpha value is -2.22. The highest BCUT2D eigenvalue weighted by atomic mass is 16.2. The van der Waals surface area contributed by atoms with Crippen molar-refractivity contribution in [3.8, 4) is 0 Å². The van der Waals surface area contributed by atoms with E-state index >= 15 is 0 Å². The van der Waals surface area contributed by atoms with Gasteiger partial charge in [0.05, 0.1) is 12.2 Å². The van der Waals surface area contributed by atoms with Crippen LogP contribution in [0.3, 0.4) is 0 Å². The SMILES string of the molecule is Cc1nc(C(C)(C)C)[nH]c(=O)c1C(=O)N1CCCC(N2CCNCC2=O)C1. The van der Waals surface area contributed by atoms with Gasteiger partial charge >= 0.3 is 0 Å². The van der Waals surface area contributed by atoms with Crippen molar-refractivity contribution in [2.75, 3.05) is 32.7 Å². The second kappa shape index (κ2) is 7.42. The predicted molar refractivity (Wildman–Crippen MR) is 102 cm³/mol. The van der Waals surface area contributed by atoms with E-state index in [1.54, 1.807) is 11.8 Å². The molecule has 0 radical (unpaired) electrons. The Labute approximate surface area is 159 Å². The first-order valence-corrected chi connectivity index (χ1v) is 9.59. The van der Waals surface area contributed by atoms with Crippen LogP contribution < -0.4 is 10.9 Å². The van der Waals surface area contributed by atoms with Gasteiger partial charge < -0.3 is 20.1 Å². The van der Waals surface area contributed by atoms with E-state index in [1.165, 1.54) is 0 Å². The van der Waals surface area contributed by atoms with Gasteiger partial charge in [-0.1, -0.05) is 20.8 Å². The highest BCUT2D eigenvalue weighted by molar-refractivity contribution is 5.95. The van der Waals surface area contributed by atoms with Gasteiger partial charge in [-0.2, -0.15) is 0 Å². The van der Waals surface area contributed by atoms with E-state index in [0.717, 1.165) is 19.4 Å². The van der Waals surface area contributed by atoms with Gasteiger partial charge in [-0.05, 0) is 19.8 Å². The zero-order chi connectivity index (χ0) is 19.8. The van der Waals surface area contributed by atoms with E-state index in [1.807, 2.05) is 25.7 Å². The fourth-order valence-corrected chi connectivity index (χ4v) is 3.75. The average molecular weight is 375 g/mol. The number of nitrogens with zero attached hydrogens (tertiary/aromatic N) is 3. The molecule has 0 bridgehead atoms. The highest BCUT2D eigenvalue weighted by Gasteiger charge is 2.33. The van der Waals surface area contributed by atoms with Gasteiger partial charge in [-0.15, -0.1) is 0 Å². The maximum absolute atomic E-state index is 13.1. The molecule has 2 aliphatic heterocycles. The smallest absolute Gasteiger partial charge is 0.264 e. The number of piperazine rings is 1. The first kappa shape index (κ1) is 19.5. The summed E-state index contributed by atoms with van der Waals surface area (Å²) in [6.45, 7) is 10.4. The van der Waals surface area contributed by atoms with E-state index < -0.39 is 5.56 Å². The molecular weight excluding hydrogens is 346 g/mol. The monoisotopic (exact) mass is 375 g/mol. The number of aryl methyl sites for hydroxylation is 1. The van der Waals surface area contributed by atoms with E-state index in [-0.39, 0.29) is 28.8 Å². The Morgan fingerprint density at radius 1 is 1.22 bits per heavy atom. The van der Waals surface area contributed by atoms with Gasteiger partial charge in [0.2, 0.25) is 5.91 Å². The summed E-state index contributed by atoms with van der Waals surface area (Å²) in [5, 5.41) is 3.07. The number of hydrogen-bond acceptors (Lipinski definition) is 5. The van der Waals surface area contributed by atoms with Crippen LogP contribution in [0.2, 0.25) is 0 Å². The molecule has 8 nitrogen and oxygen atoms in total. The Kier molecular flexibility index (Phi) is 5.37. The Morgan fingerprint density at radius 2 is 1.96 bits per heavy atom. The molecule has 2 saturated heterocycles. The van der Waals surface area contributed by atoms with Crippen LogP contribution in [0.4, 0.5) is 0 Å². The summed E-state index contributed by atoms with van der Waals surface area (Å²) in [7, 11) is 0. The van der Waals surface area contributed by atoms with Gasteiger partial charge in [0.25, 0.3) is 11.5 Å². The first-order chi connectivity index (χ1) is 12.7. The second-order valence-electron chi connectivity index (χ2n) is 8.44. The van der Waals surface area contributed by atoms with Crippen LogP contribution in [-0.4, -0.2) is 70.3 Å². The second-order valence-corrected chi connectivity index (χ2v) is 8.44. The van der Waals surface area contributed by atoms with Crippen LogP contribution in [0.1, 0.15) is 55.5 Å². The van der Waals surface area contributed by atoms with Crippen molar-refractivity contribution in [3.05, 3.63) is 27.4 Å². The largest absolute Gasteiger partial charge is 0.336 e. The van der Waals surface area contributed by atoms with Crippen LogP contribution in [0.5, 0.6) is 0 Å². The summed E-state index contributed by atoms with van der Waals surface area (Å²) in [5.41, 5.74) is -0.133. The van der Waals surface area contributed by atoms with Crippen LogP contribution in [0, 0.1) is 6.92 Å². The van der Waals surface area contributed by atoms with Crippen LogP contribution in [0.15, 0.2) is 4.79 Å². The topological polar surface area (TPSA) is 98.4 Å². The summed E-state index contributed by atoms with van der Waals surface area (Å²) in [6, 6.07) is 0.0125. The Balaban J connectivity index is 1.81. The molecule has 148 valence electrons. The van der Waals surface area contributed by atoms with Gasteiger partial charge in [-0.3, -0.25) is 14.4 Å². The lowest BCUT2D eigenvalue weighted by atomic mass is 9.95. The lowest BCUT2D eigenvalue weighted by Gasteiger charge is -2.41. The molecule has 8 heteroatoms.